The van der Waals surface area contributed by atoms with E-state index in [9.17, 15) is 18.3 Å². The Morgan fingerprint density at radius 1 is 1.15 bits per heavy atom. The molecule has 1 amide bonds. The van der Waals surface area contributed by atoms with E-state index < -0.39 is 9.84 Å². The number of aliphatic hydroxyl groups is 1. The van der Waals surface area contributed by atoms with Crippen molar-refractivity contribution in [3.8, 4) is 0 Å². The van der Waals surface area contributed by atoms with Crippen molar-refractivity contribution in [1.29, 1.82) is 5.41 Å². The molecule has 0 bridgehead atoms. The van der Waals surface area contributed by atoms with Gasteiger partial charge in [0.2, 0.25) is 5.91 Å². The zero-order chi connectivity index (χ0) is 23.6. The summed E-state index contributed by atoms with van der Waals surface area (Å²) in [5.41, 5.74) is 1.03. The average Bonchev–Trinajstić information content (AvgIpc) is 3.17. The lowest BCUT2D eigenvalue weighted by atomic mass is 9.93. The van der Waals surface area contributed by atoms with Gasteiger partial charge in [0.25, 0.3) is 0 Å². The van der Waals surface area contributed by atoms with Gasteiger partial charge in [0, 0.05) is 48.1 Å². The number of fused-ring (bicyclic) bond motifs is 1. The highest BCUT2D eigenvalue weighted by atomic mass is 35.5. The van der Waals surface area contributed by atoms with E-state index in [0.717, 1.165) is 29.3 Å². The molecule has 0 radical (unpaired) electrons. The molecule has 0 saturated carbocycles. The van der Waals surface area contributed by atoms with E-state index in [1.807, 2.05) is 9.95 Å². The van der Waals surface area contributed by atoms with Crippen molar-refractivity contribution in [2.75, 3.05) is 25.4 Å². The van der Waals surface area contributed by atoms with Crippen LogP contribution >= 0.6 is 22.9 Å². The molecule has 7 nitrogen and oxygen atoms in total. The summed E-state index contributed by atoms with van der Waals surface area (Å²) in [4.78, 5) is 15.1. The smallest absolute Gasteiger partial charge is 0.223 e. The van der Waals surface area contributed by atoms with Crippen LogP contribution in [0.3, 0.4) is 0 Å². The molecule has 1 aliphatic rings. The SMILES string of the molecule is N=c1scc(C2CCN(C(=O)CCS(=O)(=O)c3ccc4cc(Cl)ccc4c3)CC2)n1CCO. The van der Waals surface area contributed by atoms with Crippen molar-refractivity contribution in [3.63, 3.8) is 0 Å². The molecule has 2 N–H and O–H groups in total. The number of aliphatic hydroxyl groups excluding tert-OH is 1. The quantitative estimate of drug-likeness (QED) is 0.511. The third kappa shape index (κ3) is 5.32. The van der Waals surface area contributed by atoms with Gasteiger partial charge in [0.05, 0.1) is 17.3 Å². The second kappa shape index (κ2) is 9.97. The molecular formula is C23H26ClN3O4S2. The van der Waals surface area contributed by atoms with E-state index >= 15 is 0 Å². The molecule has 1 aromatic heterocycles. The number of aromatic nitrogens is 1. The minimum Gasteiger partial charge on any atom is -0.395 e. The van der Waals surface area contributed by atoms with Gasteiger partial charge in [-0.1, -0.05) is 23.7 Å². The fraction of sp³-hybridized carbons (Fsp3) is 0.391. The number of piperidine rings is 1. The lowest BCUT2D eigenvalue weighted by Crippen LogP contribution is -2.39. The van der Waals surface area contributed by atoms with E-state index in [1.165, 1.54) is 11.3 Å². The molecule has 1 fully saturated rings. The van der Waals surface area contributed by atoms with Crippen LogP contribution in [0, 0.1) is 5.41 Å². The summed E-state index contributed by atoms with van der Waals surface area (Å²) in [6, 6.07) is 10.2. The number of amides is 1. The molecule has 33 heavy (non-hydrogen) atoms. The van der Waals surface area contributed by atoms with Crippen molar-refractivity contribution < 1.29 is 18.3 Å². The molecule has 4 rings (SSSR count). The monoisotopic (exact) mass is 507 g/mol. The molecule has 0 spiro atoms. The number of sulfone groups is 1. The van der Waals surface area contributed by atoms with E-state index in [1.54, 1.807) is 41.3 Å². The molecule has 176 valence electrons. The van der Waals surface area contributed by atoms with Gasteiger partial charge in [-0.2, -0.15) is 0 Å². The van der Waals surface area contributed by atoms with Crippen LogP contribution in [-0.4, -0.2) is 54.3 Å². The van der Waals surface area contributed by atoms with Gasteiger partial charge in [-0.3, -0.25) is 10.2 Å². The third-order valence-electron chi connectivity index (χ3n) is 6.16. The topological polar surface area (TPSA) is 103 Å². The first-order valence-corrected chi connectivity index (χ1v) is 13.7. The fourth-order valence-electron chi connectivity index (χ4n) is 4.32. The summed E-state index contributed by atoms with van der Waals surface area (Å²) < 4.78 is 27.5. The van der Waals surface area contributed by atoms with E-state index in [-0.39, 0.29) is 35.5 Å². The Balaban J connectivity index is 1.36. The lowest BCUT2D eigenvalue weighted by molar-refractivity contribution is -0.131. The summed E-state index contributed by atoms with van der Waals surface area (Å²) in [7, 11) is -3.59. The molecule has 0 aliphatic carbocycles. The molecule has 0 unspecified atom stereocenters. The van der Waals surface area contributed by atoms with E-state index in [0.29, 0.717) is 29.5 Å². The van der Waals surface area contributed by atoms with Crippen LogP contribution < -0.4 is 4.80 Å². The highest BCUT2D eigenvalue weighted by Gasteiger charge is 2.27. The first-order chi connectivity index (χ1) is 15.8. The summed E-state index contributed by atoms with van der Waals surface area (Å²) in [6.45, 7) is 1.50. The van der Waals surface area contributed by atoms with E-state index in [2.05, 4.69) is 0 Å². The predicted molar refractivity (Wildman–Crippen MR) is 129 cm³/mol. The van der Waals surface area contributed by atoms with Crippen molar-refractivity contribution in [1.82, 2.24) is 9.47 Å². The maximum absolute atomic E-state index is 12.8. The number of rotatable bonds is 7. The molecule has 1 saturated heterocycles. The van der Waals surface area contributed by atoms with Crippen molar-refractivity contribution in [2.45, 2.75) is 36.6 Å². The Bertz CT molecular complexity index is 1320. The van der Waals surface area contributed by atoms with E-state index in [4.69, 9.17) is 17.0 Å². The molecule has 2 aromatic carbocycles. The van der Waals surface area contributed by atoms with Gasteiger partial charge < -0.3 is 14.6 Å². The standard InChI is InChI=1S/C23H26ClN3O4S2/c24-19-3-1-18-14-20(4-2-17(18)13-19)33(30,31)12-7-22(29)26-8-5-16(6-9-26)21-15-32-23(25)27(21)10-11-28/h1-4,13-16,25,28H,5-12H2. The first-order valence-electron chi connectivity index (χ1n) is 10.8. The van der Waals surface area contributed by atoms with Crippen molar-refractivity contribution in [3.05, 3.63) is 57.3 Å². The number of carbonyl (C=O) groups is 1. The Kier molecular flexibility index (Phi) is 7.23. The third-order valence-corrected chi connectivity index (χ3v) is 8.91. The van der Waals surface area contributed by atoms with Gasteiger partial charge in [-0.15, -0.1) is 11.3 Å². The number of nitrogens with zero attached hydrogens (tertiary/aromatic N) is 2. The first kappa shape index (κ1) is 23.9. The predicted octanol–water partition coefficient (Wildman–Crippen LogP) is 3.40. The molecule has 2 heterocycles. The number of benzene rings is 2. The number of nitrogens with one attached hydrogen (secondary N) is 1. The number of thiazole rings is 1. The van der Waals surface area contributed by atoms with Crippen LogP contribution in [0.1, 0.15) is 30.9 Å². The van der Waals surface area contributed by atoms with Crippen LogP contribution in [0.5, 0.6) is 0 Å². The lowest BCUT2D eigenvalue weighted by Gasteiger charge is -2.32. The second-order valence-electron chi connectivity index (χ2n) is 8.22. The maximum Gasteiger partial charge on any atom is 0.223 e. The van der Waals surface area contributed by atoms with Crippen molar-refractivity contribution in [2.24, 2.45) is 0 Å². The van der Waals surface area contributed by atoms with Crippen LogP contribution in [-0.2, 0) is 21.2 Å². The molecular weight excluding hydrogens is 482 g/mol. The zero-order valence-corrected chi connectivity index (χ0v) is 20.4. The maximum atomic E-state index is 12.8. The highest BCUT2D eigenvalue weighted by molar-refractivity contribution is 7.91. The minimum atomic E-state index is -3.59. The molecule has 10 heteroatoms. The molecule has 0 atom stereocenters. The van der Waals surface area contributed by atoms with Gasteiger partial charge in [0.1, 0.15) is 0 Å². The van der Waals surface area contributed by atoms with Gasteiger partial charge >= 0.3 is 0 Å². The van der Waals surface area contributed by atoms with Gasteiger partial charge in [-0.05, 0) is 47.9 Å². The fourth-order valence-corrected chi connectivity index (χ4v) is 6.64. The Labute approximate surface area is 201 Å². The largest absolute Gasteiger partial charge is 0.395 e. The number of halogens is 1. The van der Waals surface area contributed by atoms with Crippen LogP contribution in [0.4, 0.5) is 0 Å². The van der Waals surface area contributed by atoms with Crippen LogP contribution in [0.15, 0.2) is 46.7 Å². The number of likely N-dealkylation sites (tertiary alicyclic amines) is 1. The van der Waals surface area contributed by atoms with Crippen molar-refractivity contribution >= 4 is 49.5 Å². The van der Waals surface area contributed by atoms with Gasteiger partial charge in [0.15, 0.2) is 14.6 Å². The average molecular weight is 508 g/mol. The molecule has 1 aliphatic heterocycles. The zero-order valence-electron chi connectivity index (χ0n) is 18.0. The van der Waals surface area contributed by atoms with Gasteiger partial charge in [-0.25, -0.2) is 8.42 Å². The summed E-state index contributed by atoms with van der Waals surface area (Å²) in [5, 5.41) is 21.5. The Hall–Kier alpha value is -2.20. The summed E-state index contributed by atoms with van der Waals surface area (Å²) >= 11 is 7.34. The normalized spacial score (nSPS) is 15.3. The number of hydrogen-bond acceptors (Lipinski definition) is 6. The Morgan fingerprint density at radius 3 is 2.58 bits per heavy atom. The summed E-state index contributed by atoms with van der Waals surface area (Å²) in [5.74, 6) is -0.154. The highest BCUT2D eigenvalue weighted by Crippen LogP contribution is 2.29. The second-order valence-corrected chi connectivity index (χ2v) is 11.6. The van der Waals surface area contributed by atoms with Crippen LogP contribution in [0.2, 0.25) is 5.02 Å². The van der Waals surface area contributed by atoms with Crippen LogP contribution in [0.25, 0.3) is 10.8 Å². The number of carbonyl (C=O) groups excluding carboxylic acids is 1. The summed E-state index contributed by atoms with van der Waals surface area (Å²) in [6.07, 6.45) is 1.46. The molecule has 3 aromatic rings. The number of hydrogen-bond donors (Lipinski definition) is 2. The minimum absolute atomic E-state index is 0.0168. The Morgan fingerprint density at radius 2 is 1.85 bits per heavy atom.